The van der Waals surface area contributed by atoms with Gasteiger partial charge in [-0.3, -0.25) is 0 Å². The Bertz CT molecular complexity index is 127. The monoisotopic (exact) mass is 141 g/mol. The molecule has 0 aromatic heterocycles. The Morgan fingerprint density at radius 3 is 2.60 bits per heavy atom. The Balaban J connectivity index is 2.30. The first-order valence-electron chi connectivity index (χ1n) is 4.07. The molecule has 0 unspecified atom stereocenters. The summed E-state index contributed by atoms with van der Waals surface area (Å²) in [6.07, 6.45) is 3.68. The van der Waals surface area contributed by atoms with Crippen LogP contribution in [-0.2, 0) is 4.84 Å². The smallest absolute Gasteiger partial charge is 0.114 e. The lowest BCUT2D eigenvalue weighted by Gasteiger charge is -1.98. The van der Waals surface area contributed by atoms with E-state index in [-0.39, 0.29) is 0 Å². The van der Waals surface area contributed by atoms with Gasteiger partial charge in [-0.15, -0.1) is 0 Å². The molecule has 1 aliphatic rings. The molecule has 10 heavy (non-hydrogen) atoms. The lowest BCUT2D eigenvalue weighted by atomic mass is 10.2. The number of hydrogen-bond acceptors (Lipinski definition) is 2. The normalized spacial score (nSPS) is 19.2. The molecule has 0 spiro atoms. The molecule has 0 amide bonds. The maximum Gasteiger partial charge on any atom is 0.114 e. The summed E-state index contributed by atoms with van der Waals surface area (Å²) in [5.41, 5.74) is 1.25. The third kappa shape index (κ3) is 2.01. The maximum atomic E-state index is 4.98. The Labute approximate surface area is 62.3 Å². The van der Waals surface area contributed by atoms with E-state index in [0.717, 1.165) is 12.3 Å². The third-order valence-electron chi connectivity index (χ3n) is 1.72. The van der Waals surface area contributed by atoms with Gasteiger partial charge in [0.05, 0.1) is 5.71 Å². The second-order valence-corrected chi connectivity index (χ2v) is 2.63. The van der Waals surface area contributed by atoms with Gasteiger partial charge in [0.2, 0.25) is 0 Å². The van der Waals surface area contributed by atoms with Gasteiger partial charge in [-0.25, -0.2) is 0 Å². The molecule has 0 aliphatic heterocycles. The van der Waals surface area contributed by atoms with Crippen LogP contribution in [0.4, 0.5) is 0 Å². The first-order valence-corrected chi connectivity index (χ1v) is 4.07. The van der Waals surface area contributed by atoms with Crippen molar-refractivity contribution in [2.75, 3.05) is 6.61 Å². The van der Waals surface area contributed by atoms with E-state index in [1.54, 1.807) is 0 Å². The molecule has 0 aromatic rings. The highest BCUT2D eigenvalue weighted by Gasteiger charge is 2.26. The lowest BCUT2D eigenvalue weighted by Crippen LogP contribution is -1.99. The van der Waals surface area contributed by atoms with Gasteiger partial charge in [-0.05, 0) is 26.2 Å². The zero-order valence-corrected chi connectivity index (χ0v) is 6.76. The second-order valence-electron chi connectivity index (χ2n) is 2.63. The Morgan fingerprint density at radius 2 is 2.20 bits per heavy atom. The Kier molecular flexibility index (Phi) is 2.72. The molecule has 0 radical (unpaired) electrons. The summed E-state index contributed by atoms with van der Waals surface area (Å²) in [7, 11) is 0. The molecule has 1 rings (SSSR count). The van der Waals surface area contributed by atoms with Crippen LogP contribution >= 0.6 is 0 Å². The largest absolute Gasteiger partial charge is 0.396 e. The zero-order valence-electron chi connectivity index (χ0n) is 6.76. The van der Waals surface area contributed by atoms with E-state index in [4.69, 9.17) is 4.84 Å². The fourth-order valence-electron chi connectivity index (χ4n) is 0.992. The summed E-state index contributed by atoms with van der Waals surface area (Å²) in [6.45, 7) is 4.79. The van der Waals surface area contributed by atoms with Gasteiger partial charge in [-0.2, -0.15) is 0 Å². The Hall–Kier alpha value is -0.530. The summed E-state index contributed by atoms with van der Waals surface area (Å²) in [5.74, 6) is 0.761. The summed E-state index contributed by atoms with van der Waals surface area (Å²) >= 11 is 0. The van der Waals surface area contributed by atoms with Crippen LogP contribution in [0, 0.1) is 5.92 Å². The van der Waals surface area contributed by atoms with Crippen LogP contribution in [0.25, 0.3) is 0 Å². The molecule has 2 heteroatoms. The van der Waals surface area contributed by atoms with E-state index in [1.165, 1.54) is 18.6 Å². The van der Waals surface area contributed by atoms with Crippen LogP contribution in [0.1, 0.15) is 33.1 Å². The van der Waals surface area contributed by atoms with Crippen molar-refractivity contribution in [3.05, 3.63) is 0 Å². The lowest BCUT2D eigenvalue weighted by molar-refractivity contribution is 0.157. The topological polar surface area (TPSA) is 21.6 Å². The molecule has 1 saturated carbocycles. The predicted octanol–water partition coefficient (Wildman–Crippen LogP) is 2.20. The predicted molar refractivity (Wildman–Crippen MR) is 42.1 cm³/mol. The molecule has 0 aromatic carbocycles. The fourth-order valence-corrected chi connectivity index (χ4v) is 0.992. The minimum absolute atomic E-state index is 0.691. The number of rotatable bonds is 4. The van der Waals surface area contributed by atoms with Gasteiger partial charge in [0.15, 0.2) is 0 Å². The second kappa shape index (κ2) is 3.59. The zero-order chi connectivity index (χ0) is 7.40. The molecule has 0 heterocycles. The van der Waals surface area contributed by atoms with Crippen LogP contribution < -0.4 is 0 Å². The highest BCUT2D eigenvalue weighted by Crippen LogP contribution is 2.31. The quantitative estimate of drug-likeness (QED) is 0.434. The van der Waals surface area contributed by atoms with E-state index in [9.17, 15) is 0 Å². The van der Waals surface area contributed by atoms with Gasteiger partial charge in [0, 0.05) is 5.92 Å². The first-order chi connectivity index (χ1) is 4.88. The highest BCUT2D eigenvalue weighted by atomic mass is 16.6. The molecule has 0 atom stereocenters. The Morgan fingerprint density at radius 1 is 1.50 bits per heavy atom. The third-order valence-corrected chi connectivity index (χ3v) is 1.72. The van der Waals surface area contributed by atoms with Gasteiger partial charge in [-0.1, -0.05) is 12.1 Å². The average Bonchev–Trinajstić information content (AvgIpc) is 2.73. The molecule has 0 bridgehead atoms. The van der Waals surface area contributed by atoms with E-state index in [2.05, 4.69) is 12.1 Å². The van der Waals surface area contributed by atoms with E-state index in [0.29, 0.717) is 6.61 Å². The first kappa shape index (κ1) is 7.58. The van der Waals surface area contributed by atoms with E-state index >= 15 is 0 Å². The van der Waals surface area contributed by atoms with Gasteiger partial charge in [0.25, 0.3) is 0 Å². The molecular formula is C8H15NO. The molecular weight excluding hydrogens is 126 g/mol. The van der Waals surface area contributed by atoms with Crippen molar-refractivity contribution in [2.45, 2.75) is 33.1 Å². The molecule has 2 nitrogen and oxygen atoms in total. The number of hydrogen-bond donors (Lipinski definition) is 0. The minimum Gasteiger partial charge on any atom is -0.396 e. The fraction of sp³-hybridized carbons (Fsp3) is 0.875. The molecule has 0 saturated heterocycles. The molecule has 1 fully saturated rings. The summed E-state index contributed by atoms with van der Waals surface area (Å²) in [4.78, 5) is 4.98. The summed E-state index contributed by atoms with van der Waals surface area (Å²) < 4.78 is 0. The molecule has 58 valence electrons. The molecule has 1 aliphatic carbocycles. The van der Waals surface area contributed by atoms with Crippen molar-refractivity contribution < 1.29 is 4.84 Å². The van der Waals surface area contributed by atoms with Crippen molar-refractivity contribution in [3.8, 4) is 0 Å². The van der Waals surface area contributed by atoms with Crippen LogP contribution in [0.15, 0.2) is 5.16 Å². The van der Waals surface area contributed by atoms with Crippen molar-refractivity contribution in [1.82, 2.24) is 0 Å². The van der Waals surface area contributed by atoms with Crippen LogP contribution in [0.5, 0.6) is 0 Å². The summed E-state index contributed by atoms with van der Waals surface area (Å²) in [5, 5.41) is 4.04. The maximum absolute atomic E-state index is 4.98. The van der Waals surface area contributed by atoms with Crippen LogP contribution in [0.3, 0.4) is 0 Å². The van der Waals surface area contributed by atoms with Crippen molar-refractivity contribution in [1.29, 1.82) is 0 Å². The SMILES string of the molecule is CCON=C(CC)C1CC1. The minimum atomic E-state index is 0.691. The standard InChI is InChI=1S/C8H15NO/c1-3-8(7-5-6-7)9-10-4-2/h7H,3-6H2,1-2H3. The average molecular weight is 141 g/mol. The van der Waals surface area contributed by atoms with Gasteiger partial charge < -0.3 is 4.84 Å². The number of nitrogens with zero attached hydrogens (tertiary/aromatic N) is 1. The van der Waals surface area contributed by atoms with E-state index in [1.807, 2.05) is 6.92 Å². The van der Waals surface area contributed by atoms with Crippen molar-refractivity contribution in [2.24, 2.45) is 11.1 Å². The van der Waals surface area contributed by atoms with Crippen LogP contribution in [-0.4, -0.2) is 12.3 Å². The molecule has 0 N–H and O–H groups in total. The van der Waals surface area contributed by atoms with Crippen molar-refractivity contribution >= 4 is 5.71 Å². The summed E-state index contributed by atoms with van der Waals surface area (Å²) in [6, 6.07) is 0. The van der Waals surface area contributed by atoms with Crippen molar-refractivity contribution in [3.63, 3.8) is 0 Å². The van der Waals surface area contributed by atoms with Gasteiger partial charge in [0.1, 0.15) is 6.61 Å². The van der Waals surface area contributed by atoms with E-state index < -0.39 is 0 Å². The number of oxime groups is 1. The van der Waals surface area contributed by atoms with Crippen LogP contribution in [0.2, 0.25) is 0 Å². The highest BCUT2D eigenvalue weighted by molar-refractivity contribution is 5.87. The van der Waals surface area contributed by atoms with Gasteiger partial charge >= 0.3 is 0 Å².